The lowest BCUT2D eigenvalue weighted by molar-refractivity contribution is -0.117. The van der Waals surface area contributed by atoms with E-state index in [4.69, 9.17) is 4.74 Å². The van der Waals surface area contributed by atoms with Gasteiger partial charge >= 0.3 is 5.97 Å². The highest BCUT2D eigenvalue weighted by Gasteiger charge is 2.32. The highest BCUT2D eigenvalue weighted by molar-refractivity contribution is 7.16. The van der Waals surface area contributed by atoms with Gasteiger partial charge in [-0.25, -0.2) is 4.79 Å². The molecule has 1 aliphatic rings. The van der Waals surface area contributed by atoms with E-state index >= 15 is 0 Å². The summed E-state index contributed by atoms with van der Waals surface area (Å²) in [7, 11) is 0. The van der Waals surface area contributed by atoms with Crippen LogP contribution in [0.25, 0.3) is 10.9 Å². The molecule has 2 heterocycles. The Kier molecular flexibility index (Phi) is 5.00. The number of aryl methyl sites for hydroxylation is 1. The van der Waals surface area contributed by atoms with Gasteiger partial charge in [-0.3, -0.25) is 9.59 Å². The fourth-order valence-corrected chi connectivity index (χ4v) is 4.34. The zero-order chi connectivity index (χ0) is 20.7. The number of hydrogen-bond acceptors (Lipinski definition) is 5. The summed E-state index contributed by atoms with van der Waals surface area (Å²) in [4.78, 5) is 41.9. The standard InChI is InChI=1S/C22H22N2O4S/c1-11-13(3)29-21(24-20(26)14-8-9-14)18(11)22(27)28-12(2)19(25)16-10-23-17-7-5-4-6-15(16)17/h4-7,10,12,14,23H,8-9H2,1-3H3,(H,24,26)/t12-/m1/s1. The zero-order valence-electron chi connectivity index (χ0n) is 16.5. The molecular weight excluding hydrogens is 388 g/mol. The number of Topliss-reactive ketones (excluding diaryl/α,β-unsaturated/α-hetero) is 1. The summed E-state index contributed by atoms with van der Waals surface area (Å²) in [5, 5.41) is 4.14. The van der Waals surface area contributed by atoms with Crippen LogP contribution in [0.4, 0.5) is 5.00 Å². The molecule has 0 aliphatic heterocycles. The number of hydrogen-bond donors (Lipinski definition) is 2. The molecule has 150 valence electrons. The lowest BCUT2D eigenvalue weighted by atomic mass is 10.1. The van der Waals surface area contributed by atoms with Crippen molar-refractivity contribution < 1.29 is 19.1 Å². The quantitative estimate of drug-likeness (QED) is 0.458. The van der Waals surface area contributed by atoms with E-state index in [1.807, 2.05) is 38.1 Å². The van der Waals surface area contributed by atoms with Crippen molar-refractivity contribution in [3.63, 3.8) is 0 Å². The van der Waals surface area contributed by atoms with Crippen LogP contribution >= 0.6 is 11.3 Å². The number of ether oxygens (including phenoxy) is 1. The topological polar surface area (TPSA) is 88.3 Å². The SMILES string of the molecule is Cc1sc(NC(=O)C2CC2)c(C(=O)O[C@H](C)C(=O)c2c[nH]c3ccccc23)c1C. The van der Waals surface area contributed by atoms with Gasteiger partial charge < -0.3 is 15.0 Å². The predicted molar refractivity (Wildman–Crippen MR) is 113 cm³/mol. The molecule has 0 saturated heterocycles. The summed E-state index contributed by atoms with van der Waals surface area (Å²) in [5.74, 6) is -0.908. The van der Waals surface area contributed by atoms with E-state index in [1.54, 1.807) is 13.1 Å². The maximum Gasteiger partial charge on any atom is 0.342 e. The number of benzene rings is 1. The second kappa shape index (κ2) is 7.48. The van der Waals surface area contributed by atoms with Gasteiger partial charge in [-0.2, -0.15) is 0 Å². The molecule has 1 amide bonds. The molecule has 3 aromatic rings. The minimum absolute atomic E-state index is 0.0314. The molecule has 29 heavy (non-hydrogen) atoms. The Morgan fingerprint density at radius 3 is 2.66 bits per heavy atom. The van der Waals surface area contributed by atoms with Crippen LogP contribution in [0.1, 0.15) is 50.9 Å². The van der Waals surface area contributed by atoms with Crippen LogP contribution < -0.4 is 5.32 Å². The number of nitrogens with one attached hydrogen (secondary N) is 2. The molecule has 1 fully saturated rings. The molecule has 1 aromatic carbocycles. The third kappa shape index (κ3) is 3.70. The molecule has 0 bridgehead atoms. The average molecular weight is 410 g/mol. The van der Waals surface area contributed by atoms with Gasteiger partial charge in [-0.05, 0) is 45.2 Å². The second-order valence-corrected chi connectivity index (χ2v) is 8.64. The first kappa shape index (κ1) is 19.4. The number of anilines is 1. The van der Waals surface area contributed by atoms with Gasteiger partial charge in [0.25, 0.3) is 0 Å². The molecule has 6 nitrogen and oxygen atoms in total. The van der Waals surface area contributed by atoms with Gasteiger partial charge in [-0.1, -0.05) is 18.2 Å². The summed E-state index contributed by atoms with van der Waals surface area (Å²) in [6.07, 6.45) is 2.45. The van der Waals surface area contributed by atoms with Crippen LogP contribution in [-0.4, -0.2) is 28.7 Å². The number of rotatable bonds is 6. The number of aromatic nitrogens is 1. The fraction of sp³-hybridized carbons (Fsp3) is 0.318. The van der Waals surface area contributed by atoms with Crippen LogP contribution in [0.5, 0.6) is 0 Å². The molecule has 1 aliphatic carbocycles. The van der Waals surface area contributed by atoms with Crippen LogP contribution in [0, 0.1) is 19.8 Å². The summed E-state index contributed by atoms with van der Waals surface area (Å²) in [5.41, 5.74) is 2.43. The molecule has 1 atom stereocenters. The summed E-state index contributed by atoms with van der Waals surface area (Å²) in [6, 6.07) is 7.48. The lowest BCUT2D eigenvalue weighted by Crippen LogP contribution is -2.25. The number of carbonyl (C=O) groups is 3. The first-order chi connectivity index (χ1) is 13.9. The van der Waals surface area contributed by atoms with E-state index in [0.29, 0.717) is 16.1 Å². The van der Waals surface area contributed by atoms with Gasteiger partial charge in [0.2, 0.25) is 11.7 Å². The van der Waals surface area contributed by atoms with Crippen molar-refractivity contribution in [1.82, 2.24) is 4.98 Å². The molecule has 2 N–H and O–H groups in total. The van der Waals surface area contributed by atoms with Gasteiger partial charge in [0.15, 0.2) is 6.10 Å². The maximum absolute atomic E-state index is 12.9. The number of para-hydroxylation sites is 1. The molecule has 0 unspecified atom stereocenters. The Morgan fingerprint density at radius 1 is 1.21 bits per heavy atom. The summed E-state index contributed by atoms with van der Waals surface area (Å²) >= 11 is 1.36. The van der Waals surface area contributed by atoms with Crippen LogP contribution in [0.3, 0.4) is 0 Å². The molecule has 7 heteroatoms. The second-order valence-electron chi connectivity index (χ2n) is 7.41. The highest BCUT2D eigenvalue weighted by Crippen LogP contribution is 2.36. The third-order valence-corrected chi connectivity index (χ3v) is 6.40. The summed E-state index contributed by atoms with van der Waals surface area (Å²) in [6.45, 7) is 5.28. The number of amides is 1. The zero-order valence-corrected chi connectivity index (χ0v) is 17.3. The molecule has 0 radical (unpaired) electrons. The van der Waals surface area contributed by atoms with E-state index < -0.39 is 12.1 Å². The van der Waals surface area contributed by atoms with Crippen LogP contribution in [0.15, 0.2) is 30.5 Å². The first-order valence-electron chi connectivity index (χ1n) is 9.59. The summed E-state index contributed by atoms with van der Waals surface area (Å²) < 4.78 is 5.52. The highest BCUT2D eigenvalue weighted by atomic mass is 32.1. The van der Waals surface area contributed by atoms with E-state index in [-0.39, 0.29) is 17.6 Å². The minimum atomic E-state index is -0.951. The Balaban J connectivity index is 1.54. The van der Waals surface area contributed by atoms with Gasteiger partial charge in [-0.15, -0.1) is 11.3 Å². The number of aromatic amines is 1. The number of H-pyrrole nitrogens is 1. The van der Waals surface area contributed by atoms with Crippen molar-refractivity contribution in [2.75, 3.05) is 5.32 Å². The molecule has 1 saturated carbocycles. The normalized spacial score (nSPS) is 14.6. The molecule has 0 spiro atoms. The number of ketones is 1. The Bertz CT molecular complexity index is 1120. The maximum atomic E-state index is 12.9. The fourth-order valence-electron chi connectivity index (χ4n) is 3.29. The average Bonchev–Trinajstić information content (AvgIpc) is 3.40. The number of fused-ring (bicyclic) bond motifs is 1. The predicted octanol–water partition coefficient (Wildman–Crippen LogP) is 4.62. The third-order valence-electron chi connectivity index (χ3n) is 5.28. The van der Waals surface area contributed by atoms with E-state index in [2.05, 4.69) is 10.3 Å². The van der Waals surface area contributed by atoms with Crippen LogP contribution in [0.2, 0.25) is 0 Å². The van der Waals surface area contributed by atoms with Crippen molar-refractivity contribution in [3.8, 4) is 0 Å². The number of carbonyl (C=O) groups excluding carboxylic acids is 3. The van der Waals surface area contributed by atoms with E-state index in [1.165, 1.54) is 11.3 Å². The van der Waals surface area contributed by atoms with E-state index in [0.717, 1.165) is 34.2 Å². The smallest absolute Gasteiger partial charge is 0.342 e. The van der Waals surface area contributed by atoms with Gasteiger partial charge in [0, 0.05) is 33.5 Å². The number of esters is 1. The lowest BCUT2D eigenvalue weighted by Gasteiger charge is -2.13. The monoisotopic (exact) mass is 410 g/mol. The van der Waals surface area contributed by atoms with Gasteiger partial charge in [0.1, 0.15) is 5.00 Å². The van der Waals surface area contributed by atoms with Crippen molar-refractivity contribution in [2.24, 2.45) is 5.92 Å². The van der Waals surface area contributed by atoms with Crippen molar-refractivity contribution >= 4 is 44.9 Å². The van der Waals surface area contributed by atoms with Crippen LogP contribution in [-0.2, 0) is 9.53 Å². The minimum Gasteiger partial charge on any atom is -0.451 e. The first-order valence-corrected chi connectivity index (χ1v) is 10.4. The van der Waals surface area contributed by atoms with Crippen molar-refractivity contribution in [2.45, 2.75) is 39.7 Å². The Labute approximate surface area is 172 Å². The molecule has 2 aromatic heterocycles. The Morgan fingerprint density at radius 2 is 1.93 bits per heavy atom. The van der Waals surface area contributed by atoms with Crippen molar-refractivity contribution in [1.29, 1.82) is 0 Å². The molecule has 4 rings (SSSR count). The van der Waals surface area contributed by atoms with E-state index in [9.17, 15) is 14.4 Å². The van der Waals surface area contributed by atoms with Crippen molar-refractivity contribution in [3.05, 3.63) is 52.0 Å². The number of thiophene rings is 1. The van der Waals surface area contributed by atoms with Gasteiger partial charge in [0.05, 0.1) is 5.56 Å². The largest absolute Gasteiger partial charge is 0.451 e. The molecular formula is C22H22N2O4S. The Hall–Kier alpha value is -2.93.